The number of aromatic nitrogens is 1. The van der Waals surface area contributed by atoms with Crippen LogP contribution in [0.25, 0.3) is 0 Å². The van der Waals surface area contributed by atoms with E-state index in [4.69, 9.17) is 11.2 Å². The zero-order valence-electron chi connectivity index (χ0n) is 16.1. The fourth-order valence-corrected chi connectivity index (χ4v) is 2.22. The first-order valence-electron chi connectivity index (χ1n) is 8.55. The minimum Gasteiger partial charge on any atom is -0.493 e. The van der Waals surface area contributed by atoms with E-state index < -0.39 is 0 Å². The summed E-state index contributed by atoms with van der Waals surface area (Å²) in [5.41, 5.74) is 0. The molecule has 1 aromatic heterocycles. The predicted molar refractivity (Wildman–Crippen MR) is 108 cm³/mol. The van der Waals surface area contributed by atoms with Crippen molar-refractivity contribution in [2.24, 2.45) is 0 Å². The summed E-state index contributed by atoms with van der Waals surface area (Å²) in [6, 6.07) is 3.21. The Morgan fingerprint density at radius 3 is 1.86 bits per heavy atom. The van der Waals surface area contributed by atoms with E-state index in [1.54, 1.807) is 12.1 Å². The molecule has 2 amide bonds. The zero-order valence-corrected chi connectivity index (χ0v) is 17.2. The predicted octanol–water partition coefficient (Wildman–Crippen LogP) is 2.80. The van der Waals surface area contributed by atoms with Crippen LogP contribution in [0.3, 0.4) is 0 Å². The van der Waals surface area contributed by atoms with Crippen molar-refractivity contribution in [3.05, 3.63) is 75.3 Å². The molecule has 0 aliphatic heterocycles. The van der Waals surface area contributed by atoms with Crippen molar-refractivity contribution in [3.63, 3.8) is 0 Å². The molecule has 0 aromatic carbocycles. The first kappa shape index (κ1) is 25.0. The fraction of sp³-hybridized carbons (Fsp3) is 0.136. The number of hydrogen-bond donors (Lipinski definition) is 2. The maximum Gasteiger partial charge on any atom is 2.00 e. The number of hydrogen-bond acceptors (Lipinski definition) is 4. The number of nitrogens with one attached hydrogen (secondary N) is 2. The molecule has 2 aliphatic rings. The van der Waals surface area contributed by atoms with Gasteiger partial charge in [-0.1, -0.05) is 5.92 Å². The van der Waals surface area contributed by atoms with Crippen LogP contribution in [0.15, 0.2) is 12.1 Å². The Labute approximate surface area is 184 Å². The van der Waals surface area contributed by atoms with Crippen LogP contribution in [-0.2, 0) is 26.7 Å². The second-order valence-corrected chi connectivity index (χ2v) is 5.84. The number of nitrogens with zero attached hydrogens (tertiary/aromatic N) is 1. The first-order chi connectivity index (χ1) is 13.5. The molecule has 1 aromatic rings. The number of rotatable bonds is 5. The van der Waals surface area contributed by atoms with Crippen LogP contribution in [0.2, 0.25) is 0 Å². The molecule has 0 unspecified atom stereocenters. The van der Waals surface area contributed by atoms with Gasteiger partial charge in [-0.2, -0.15) is 0 Å². The second-order valence-electron chi connectivity index (χ2n) is 5.84. The summed E-state index contributed by atoms with van der Waals surface area (Å²) in [4.78, 5) is 26.4. The number of carbonyl (C=O) groups is 2. The molecule has 7 heteroatoms. The fourth-order valence-electron chi connectivity index (χ4n) is 2.22. The van der Waals surface area contributed by atoms with E-state index in [9.17, 15) is 9.59 Å². The summed E-state index contributed by atoms with van der Waals surface area (Å²) < 4.78 is 5.65. The van der Waals surface area contributed by atoms with Crippen LogP contribution in [0.5, 0.6) is 5.75 Å². The summed E-state index contributed by atoms with van der Waals surface area (Å²) in [5.74, 6) is 5.17. The maximum absolute atomic E-state index is 11.1. The monoisotopic (exact) mass is 431 g/mol. The summed E-state index contributed by atoms with van der Waals surface area (Å²) in [5, 5.41) is 5.14. The third kappa shape index (κ3) is 9.82. The third-order valence-electron chi connectivity index (χ3n) is 3.37. The maximum atomic E-state index is 11.1. The van der Waals surface area contributed by atoms with Crippen molar-refractivity contribution in [1.29, 1.82) is 0 Å². The number of pyridine rings is 1. The molecule has 148 valence electrons. The Balaban J connectivity index is 0.000000445. The van der Waals surface area contributed by atoms with E-state index in [2.05, 4.69) is 21.5 Å². The van der Waals surface area contributed by atoms with Crippen LogP contribution in [0.1, 0.15) is 13.8 Å². The average Bonchev–Trinajstić information content (AvgIpc) is 3.33. The first-order valence-corrected chi connectivity index (χ1v) is 8.55. The van der Waals surface area contributed by atoms with Crippen LogP contribution in [0, 0.1) is 75.5 Å². The van der Waals surface area contributed by atoms with E-state index in [0.717, 1.165) is 11.8 Å². The minimum absolute atomic E-state index is 0. The molecule has 3 rings (SSSR count). The van der Waals surface area contributed by atoms with Crippen molar-refractivity contribution in [2.45, 2.75) is 13.8 Å². The standard InChI is InChI=1S/C15H16N3O3.C7H5.Fe/c1-10(19)16-14-7-13(8-15(18-14)17-11(2)20)21-9-12-5-3-4-6-12;1-2-7-5-3-4-6-7;/h3-8H,9H2,1-2H3,(H2,16,17,18,19,20);1,3-6H;/q;;+2. The van der Waals surface area contributed by atoms with Gasteiger partial charge in [0.25, 0.3) is 0 Å². The van der Waals surface area contributed by atoms with Crippen molar-refractivity contribution < 1.29 is 31.4 Å². The molecule has 2 aliphatic carbocycles. The second kappa shape index (κ2) is 13.2. The van der Waals surface area contributed by atoms with Crippen molar-refractivity contribution in [3.8, 4) is 18.1 Å². The Hall–Kier alpha value is -2.03. The SMILES string of the molecule is C#C[C]1[CH][CH][CH][CH]1.CC(=O)Nc1cc(OC[C]2[CH][CH][CH][CH]2)cc(NC(C)=O)n1.[Fe+2]. The van der Waals surface area contributed by atoms with Gasteiger partial charge in [0.05, 0.1) is 12.5 Å². The van der Waals surface area contributed by atoms with E-state index >= 15 is 0 Å². The molecule has 2 N–H and O–H groups in total. The van der Waals surface area contributed by atoms with Crippen molar-refractivity contribution >= 4 is 23.5 Å². The van der Waals surface area contributed by atoms with Gasteiger partial charge < -0.3 is 15.4 Å². The molecule has 0 atom stereocenters. The Morgan fingerprint density at radius 2 is 1.45 bits per heavy atom. The third-order valence-corrected chi connectivity index (χ3v) is 3.37. The Kier molecular flexibility index (Phi) is 11.4. The largest absolute Gasteiger partial charge is 2.00 e. The quantitative estimate of drug-likeness (QED) is 0.555. The summed E-state index contributed by atoms with van der Waals surface area (Å²) in [6.45, 7) is 3.17. The normalized spacial score (nSPS) is 16.0. The van der Waals surface area contributed by atoms with Gasteiger partial charge in [0.1, 0.15) is 17.4 Å². The van der Waals surface area contributed by atoms with Crippen LogP contribution in [0.4, 0.5) is 11.6 Å². The molecular formula is C22H21FeN3O3+2. The molecule has 29 heavy (non-hydrogen) atoms. The summed E-state index contributed by atoms with van der Waals surface area (Å²) in [7, 11) is 0. The summed E-state index contributed by atoms with van der Waals surface area (Å²) >= 11 is 0. The molecule has 2 fully saturated rings. The van der Waals surface area contributed by atoms with E-state index in [1.165, 1.54) is 13.8 Å². The number of amides is 2. The zero-order chi connectivity index (χ0) is 20.4. The molecule has 0 saturated heterocycles. The van der Waals surface area contributed by atoms with Gasteiger partial charge >= 0.3 is 17.1 Å². The van der Waals surface area contributed by atoms with Gasteiger partial charge in [-0.25, -0.2) is 4.98 Å². The average molecular weight is 431 g/mol. The Bertz CT molecular complexity index is 671. The number of terminal acetylenes is 1. The van der Waals surface area contributed by atoms with Gasteiger partial charge in [0, 0.05) is 31.9 Å². The van der Waals surface area contributed by atoms with E-state index in [0.29, 0.717) is 24.0 Å². The molecule has 0 bridgehead atoms. The van der Waals surface area contributed by atoms with Gasteiger partial charge in [0.15, 0.2) is 0 Å². The number of carbonyl (C=O) groups excluding carboxylic acids is 2. The topological polar surface area (TPSA) is 80.3 Å². The van der Waals surface area contributed by atoms with Crippen LogP contribution in [-0.4, -0.2) is 23.4 Å². The van der Waals surface area contributed by atoms with Gasteiger partial charge in [-0.05, 0) is 51.4 Å². The van der Waals surface area contributed by atoms with E-state index in [-0.39, 0.29) is 28.9 Å². The molecule has 1 heterocycles. The molecular weight excluding hydrogens is 410 g/mol. The molecule has 0 spiro atoms. The molecule has 10 radical (unpaired) electrons. The molecule has 2 saturated carbocycles. The smallest absolute Gasteiger partial charge is 0.493 e. The van der Waals surface area contributed by atoms with Crippen LogP contribution >= 0.6 is 0 Å². The summed E-state index contributed by atoms with van der Waals surface area (Å²) in [6.07, 6.45) is 20.5. The minimum atomic E-state index is -0.246. The Morgan fingerprint density at radius 1 is 0.966 bits per heavy atom. The number of anilines is 2. The van der Waals surface area contributed by atoms with Crippen LogP contribution < -0.4 is 15.4 Å². The molecule has 6 nitrogen and oxygen atoms in total. The number of ether oxygens (including phenoxy) is 1. The van der Waals surface area contributed by atoms with Crippen molar-refractivity contribution in [2.75, 3.05) is 17.2 Å². The van der Waals surface area contributed by atoms with Gasteiger partial charge in [-0.3, -0.25) is 9.59 Å². The van der Waals surface area contributed by atoms with E-state index in [1.807, 2.05) is 51.4 Å². The van der Waals surface area contributed by atoms with Gasteiger partial charge in [-0.15, -0.1) is 6.42 Å². The van der Waals surface area contributed by atoms with Gasteiger partial charge in [0.2, 0.25) is 11.8 Å². The van der Waals surface area contributed by atoms with Crippen molar-refractivity contribution in [1.82, 2.24) is 4.98 Å².